The Kier molecular flexibility index (Phi) is 5.48. The minimum Gasteiger partial charge on any atom is -0.459 e. The number of H-pyrrole nitrogens is 1. The lowest BCUT2D eigenvalue weighted by molar-refractivity contribution is 0.0648. The SMILES string of the molecule is O=C(c1ccco1)N1CCC[C@H](CNc2nc(-c3c[nH]c4ncc(Cl)cc34)ncc2F)C1. The molecule has 0 spiro atoms. The number of halogens is 2. The van der Waals surface area contributed by atoms with E-state index in [1.165, 1.54) is 6.26 Å². The third-order valence-electron chi connectivity index (χ3n) is 5.58. The highest BCUT2D eigenvalue weighted by atomic mass is 35.5. The molecule has 5 rings (SSSR count). The van der Waals surface area contributed by atoms with Crippen LogP contribution in [0, 0.1) is 11.7 Å². The zero-order valence-corrected chi connectivity index (χ0v) is 17.8. The summed E-state index contributed by atoms with van der Waals surface area (Å²) in [5, 5.41) is 4.35. The Morgan fingerprint density at radius 1 is 1.38 bits per heavy atom. The Hall–Kier alpha value is -3.46. The third-order valence-corrected chi connectivity index (χ3v) is 5.79. The molecule has 164 valence electrons. The smallest absolute Gasteiger partial charge is 0.289 e. The Balaban J connectivity index is 1.30. The molecule has 4 aromatic rings. The van der Waals surface area contributed by atoms with Gasteiger partial charge < -0.3 is 19.6 Å². The van der Waals surface area contributed by atoms with E-state index in [1.54, 1.807) is 35.5 Å². The van der Waals surface area contributed by atoms with Gasteiger partial charge in [0, 0.05) is 43.0 Å². The maximum Gasteiger partial charge on any atom is 0.289 e. The van der Waals surface area contributed by atoms with E-state index in [2.05, 4.69) is 25.3 Å². The number of carbonyl (C=O) groups excluding carboxylic acids is 1. The van der Waals surface area contributed by atoms with Crippen molar-refractivity contribution in [2.75, 3.05) is 25.0 Å². The number of furan rings is 1. The molecule has 10 heteroatoms. The number of piperidine rings is 1. The first-order valence-electron chi connectivity index (χ1n) is 10.3. The molecule has 2 N–H and O–H groups in total. The summed E-state index contributed by atoms with van der Waals surface area (Å²) in [4.78, 5) is 30.1. The highest BCUT2D eigenvalue weighted by molar-refractivity contribution is 6.31. The number of hydrogen-bond acceptors (Lipinski definition) is 6. The predicted octanol–water partition coefficient (Wildman–Crippen LogP) is 4.37. The Morgan fingerprint density at radius 3 is 3.12 bits per heavy atom. The van der Waals surface area contributed by atoms with Crippen molar-refractivity contribution in [1.82, 2.24) is 24.8 Å². The number of anilines is 1. The van der Waals surface area contributed by atoms with Crippen LogP contribution in [-0.2, 0) is 0 Å². The van der Waals surface area contributed by atoms with E-state index >= 15 is 0 Å². The number of aromatic nitrogens is 4. The van der Waals surface area contributed by atoms with E-state index in [0.29, 0.717) is 47.5 Å². The van der Waals surface area contributed by atoms with Crippen LogP contribution in [0.5, 0.6) is 0 Å². The largest absolute Gasteiger partial charge is 0.459 e. The topological polar surface area (TPSA) is 99.9 Å². The first-order chi connectivity index (χ1) is 15.6. The van der Waals surface area contributed by atoms with Gasteiger partial charge in [0.2, 0.25) is 0 Å². The Bertz CT molecular complexity index is 1260. The summed E-state index contributed by atoms with van der Waals surface area (Å²) < 4.78 is 19.7. The molecule has 0 aromatic carbocycles. The van der Waals surface area contributed by atoms with Gasteiger partial charge in [0.1, 0.15) is 5.65 Å². The van der Waals surface area contributed by atoms with Gasteiger partial charge in [0.15, 0.2) is 23.2 Å². The molecule has 0 bridgehead atoms. The number of fused-ring (bicyclic) bond motifs is 1. The number of carbonyl (C=O) groups is 1. The Morgan fingerprint density at radius 2 is 2.28 bits per heavy atom. The second kappa shape index (κ2) is 8.58. The van der Waals surface area contributed by atoms with Gasteiger partial charge in [-0.2, -0.15) is 0 Å². The average molecular weight is 455 g/mol. The molecule has 8 nitrogen and oxygen atoms in total. The molecule has 0 saturated carbocycles. The van der Waals surface area contributed by atoms with Crippen LogP contribution in [0.1, 0.15) is 23.4 Å². The summed E-state index contributed by atoms with van der Waals surface area (Å²) in [5.41, 5.74) is 1.33. The fraction of sp³-hybridized carbons (Fsp3) is 0.273. The second-order valence-electron chi connectivity index (χ2n) is 7.76. The van der Waals surface area contributed by atoms with Gasteiger partial charge in [0.05, 0.1) is 17.5 Å². The van der Waals surface area contributed by atoms with Gasteiger partial charge >= 0.3 is 0 Å². The fourth-order valence-corrected chi connectivity index (χ4v) is 4.15. The van der Waals surface area contributed by atoms with Gasteiger partial charge in [0.25, 0.3) is 5.91 Å². The van der Waals surface area contributed by atoms with E-state index in [1.807, 2.05) is 0 Å². The Labute approximate surface area is 187 Å². The van der Waals surface area contributed by atoms with E-state index in [9.17, 15) is 9.18 Å². The first kappa shape index (κ1) is 20.4. The zero-order chi connectivity index (χ0) is 22.1. The van der Waals surface area contributed by atoms with Gasteiger partial charge in [-0.15, -0.1) is 0 Å². The predicted molar refractivity (Wildman–Crippen MR) is 118 cm³/mol. The molecule has 0 unspecified atom stereocenters. The molecule has 4 aromatic heterocycles. The number of rotatable bonds is 5. The number of hydrogen-bond donors (Lipinski definition) is 2. The quantitative estimate of drug-likeness (QED) is 0.464. The van der Waals surface area contributed by atoms with Crippen molar-refractivity contribution in [3.63, 3.8) is 0 Å². The van der Waals surface area contributed by atoms with Gasteiger partial charge in [-0.3, -0.25) is 4.79 Å². The monoisotopic (exact) mass is 454 g/mol. The van der Waals surface area contributed by atoms with Crippen LogP contribution in [-0.4, -0.2) is 50.4 Å². The second-order valence-corrected chi connectivity index (χ2v) is 8.20. The highest BCUT2D eigenvalue weighted by Gasteiger charge is 2.26. The summed E-state index contributed by atoms with van der Waals surface area (Å²) in [6.45, 7) is 1.73. The van der Waals surface area contributed by atoms with Crippen molar-refractivity contribution in [1.29, 1.82) is 0 Å². The molecular formula is C22H20ClFN6O2. The number of amides is 1. The minimum absolute atomic E-state index is 0.119. The zero-order valence-electron chi connectivity index (χ0n) is 17.0. The summed E-state index contributed by atoms with van der Waals surface area (Å²) >= 11 is 6.07. The van der Waals surface area contributed by atoms with Crippen LogP contribution in [0.15, 0.2) is 47.5 Å². The molecule has 1 aliphatic heterocycles. The molecular weight excluding hydrogens is 435 g/mol. The third kappa shape index (κ3) is 4.03. The number of aromatic amines is 1. The lowest BCUT2D eigenvalue weighted by atomic mass is 9.97. The first-order valence-corrected chi connectivity index (χ1v) is 10.7. The molecule has 5 heterocycles. The van der Waals surface area contributed by atoms with Crippen molar-refractivity contribution in [3.8, 4) is 11.4 Å². The number of likely N-dealkylation sites (tertiary alicyclic amines) is 1. The molecule has 1 atom stereocenters. The summed E-state index contributed by atoms with van der Waals surface area (Å²) in [5.74, 6) is 0.317. The summed E-state index contributed by atoms with van der Waals surface area (Å²) in [6, 6.07) is 5.13. The normalized spacial score (nSPS) is 16.4. The highest BCUT2D eigenvalue weighted by Crippen LogP contribution is 2.28. The molecule has 0 aliphatic carbocycles. The van der Waals surface area contributed by atoms with Crippen molar-refractivity contribution in [3.05, 3.63) is 59.7 Å². The summed E-state index contributed by atoms with van der Waals surface area (Å²) in [6.07, 6.45) is 7.72. The molecule has 1 saturated heterocycles. The van der Waals surface area contributed by atoms with Crippen molar-refractivity contribution >= 4 is 34.4 Å². The van der Waals surface area contributed by atoms with Crippen LogP contribution in [0.3, 0.4) is 0 Å². The molecule has 32 heavy (non-hydrogen) atoms. The van der Waals surface area contributed by atoms with E-state index in [-0.39, 0.29) is 17.6 Å². The maximum atomic E-state index is 14.4. The average Bonchev–Trinajstić information content (AvgIpc) is 3.48. The standard InChI is InChI=1S/C22H20ClFN6O2/c23-14-7-15-16(10-27-19(15)26-9-14)20-28-11-17(24)21(29-20)25-8-13-3-1-5-30(12-13)22(31)18-4-2-6-32-18/h2,4,6-7,9-11,13H,1,3,5,8,12H2,(H,26,27)(H,25,28,29)/t13-/m1/s1. The molecule has 1 amide bonds. The van der Waals surface area contributed by atoms with Crippen molar-refractivity contribution in [2.24, 2.45) is 5.92 Å². The molecule has 0 radical (unpaired) electrons. The van der Waals surface area contributed by atoms with Crippen molar-refractivity contribution in [2.45, 2.75) is 12.8 Å². The number of nitrogens with one attached hydrogen (secondary N) is 2. The van der Waals surface area contributed by atoms with E-state index < -0.39 is 5.82 Å². The fourth-order valence-electron chi connectivity index (χ4n) is 4.00. The lowest BCUT2D eigenvalue weighted by Crippen LogP contribution is -2.41. The van der Waals surface area contributed by atoms with Gasteiger partial charge in [-0.25, -0.2) is 19.3 Å². The van der Waals surface area contributed by atoms with Crippen LogP contribution in [0.25, 0.3) is 22.4 Å². The van der Waals surface area contributed by atoms with E-state index in [0.717, 1.165) is 24.4 Å². The van der Waals surface area contributed by atoms with Gasteiger partial charge in [-0.1, -0.05) is 11.6 Å². The summed E-state index contributed by atoms with van der Waals surface area (Å²) in [7, 11) is 0. The van der Waals surface area contributed by atoms with Crippen LogP contribution >= 0.6 is 11.6 Å². The van der Waals surface area contributed by atoms with Crippen molar-refractivity contribution < 1.29 is 13.6 Å². The van der Waals surface area contributed by atoms with Crippen LogP contribution < -0.4 is 5.32 Å². The maximum absolute atomic E-state index is 14.4. The minimum atomic E-state index is -0.538. The van der Waals surface area contributed by atoms with Crippen LogP contribution in [0.4, 0.5) is 10.2 Å². The molecule has 1 aliphatic rings. The lowest BCUT2D eigenvalue weighted by Gasteiger charge is -2.32. The van der Waals surface area contributed by atoms with Gasteiger partial charge in [-0.05, 0) is 37.0 Å². The number of pyridine rings is 1. The molecule has 1 fully saturated rings. The van der Waals surface area contributed by atoms with E-state index in [4.69, 9.17) is 16.0 Å². The number of nitrogens with zero attached hydrogens (tertiary/aromatic N) is 4. The van der Waals surface area contributed by atoms with Crippen LogP contribution in [0.2, 0.25) is 5.02 Å².